The number of anilines is 2. The van der Waals surface area contributed by atoms with Crippen molar-refractivity contribution in [2.45, 2.75) is 36.3 Å². The molecule has 4 rings (SSSR count). The first kappa shape index (κ1) is 24.2. The van der Waals surface area contributed by atoms with Gasteiger partial charge in [0.15, 0.2) is 9.47 Å². The normalized spacial score (nSPS) is 11.8. The van der Waals surface area contributed by atoms with E-state index in [9.17, 15) is 9.59 Å². The van der Waals surface area contributed by atoms with Crippen molar-refractivity contribution in [1.29, 1.82) is 0 Å². The highest BCUT2D eigenvalue weighted by Gasteiger charge is 2.18. The standard InChI is InChI=1S/C24H24N4O3S3/c1-3-4-12-31-18-8-5-16(6-9-18)22(30)26-17-7-10-19-20(14-17)34-24(27-19)33-15(2)21(29)28-23-25-11-13-32-23/h5-11,13-15H,3-4,12H2,1-2H3,(H,26,30)(H,25,28,29)/t15-/m1/s1. The molecule has 0 fully saturated rings. The molecule has 7 nitrogen and oxygen atoms in total. The lowest BCUT2D eigenvalue weighted by molar-refractivity contribution is -0.115. The molecule has 0 unspecified atom stereocenters. The summed E-state index contributed by atoms with van der Waals surface area (Å²) < 4.78 is 7.38. The van der Waals surface area contributed by atoms with Crippen LogP contribution in [0, 0.1) is 0 Å². The molecule has 2 aromatic carbocycles. The number of hydrogen-bond acceptors (Lipinski definition) is 8. The van der Waals surface area contributed by atoms with Crippen LogP contribution in [0.25, 0.3) is 10.2 Å². The van der Waals surface area contributed by atoms with Gasteiger partial charge in [0.1, 0.15) is 5.75 Å². The van der Waals surface area contributed by atoms with Crippen molar-refractivity contribution in [3.63, 3.8) is 0 Å². The SMILES string of the molecule is CCCCOc1ccc(C(=O)Nc2ccc3nc(S[C@H](C)C(=O)Nc4nccs4)sc3c2)cc1. The summed E-state index contributed by atoms with van der Waals surface area (Å²) in [5.74, 6) is 0.454. The molecule has 2 amide bonds. The Kier molecular flexibility index (Phi) is 8.15. The number of amides is 2. The van der Waals surface area contributed by atoms with E-state index in [-0.39, 0.29) is 17.1 Å². The maximum absolute atomic E-state index is 12.7. The lowest BCUT2D eigenvalue weighted by Crippen LogP contribution is -2.22. The molecule has 0 saturated heterocycles. The van der Waals surface area contributed by atoms with Gasteiger partial charge in [-0.3, -0.25) is 9.59 Å². The predicted molar refractivity (Wildman–Crippen MR) is 140 cm³/mol. The molecule has 0 radical (unpaired) electrons. The van der Waals surface area contributed by atoms with E-state index in [1.54, 1.807) is 18.3 Å². The molecule has 2 N–H and O–H groups in total. The van der Waals surface area contributed by atoms with E-state index < -0.39 is 0 Å². The summed E-state index contributed by atoms with van der Waals surface area (Å²) in [4.78, 5) is 33.7. The Morgan fingerprint density at radius 1 is 1.15 bits per heavy atom. The van der Waals surface area contributed by atoms with Crippen molar-refractivity contribution in [1.82, 2.24) is 9.97 Å². The summed E-state index contributed by atoms with van der Waals surface area (Å²) in [6.45, 7) is 4.63. The molecule has 176 valence electrons. The number of nitrogens with one attached hydrogen (secondary N) is 2. The number of nitrogens with zero attached hydrogens (tertiary/aromatic N) is 2. The summed E-state index contributed by atoms with van der Waals surface area (Å²) >= 11 is 4.27. The van der Waals surface area contributed by atoms with Crippen molar-refractivity contribution < 1.29 is 14.3 Å². The van der Waals surface area contributed by atoms with Gasteiger partial charge in [0, 0.05) is 22.8 Å². The second-order valence-electron chi connectivity index (χ2n) is 7.43. The Balaban J connectivity index is 1.37. The maximum atomic E-state index is 12.7. The van der Waals surface area contributed by atoms with Crippen molar-refractivity contribution in [2.24, 2.45) is 0 Å². The lowest BCUT2D eigenvalue weighted by atomic mass is 10.2. The van der Waals surface area contributed by atoms with Crippen molar-refractivity contribution in [3.8, 4) is 5.75 Å². The van der Waals surface area contributed by atoms with Crippen LogP contribution in [-0.2, 0) is 4.79 Å². The summed E-state index contributed by atoms with van der Waals surface area (Å²) in [5.41, 5.74) is 2.07. The topological polar surface area (TPSA) is 93.2 Å². The van der Waals surface area contributed by atoms with Gasteiger partial charge in [-0.1, -0.05) is 25.1 Å². The van der Waals surface area contributed by atoms with Crippen LogP contribution in [-0.4, -0.2) is 33.6 Å². The predicted octanol–water partition coefficient (Wildman–Crippen LogP) is 6.30. The fraction of sp³-hybridized carbons (Fsp3) is 0.250. The van der Waals surface area contributed by atoms with E-state index in [1.165, 1.54) is 34.4 Å². The highest BCUT2D eigenvalue weighted by Crippen LogP contribution is 2.34. The van der Waals surface area contributed by atoms with Gasteiger partial charge in [0.25, 0.3) is 5.91 Å². The number of benzene rings is 2. The number of fused-ring (bicyclic) bond motifs is 1. The molecule has 1 atom stereocenters. The molecule has 4 aromatic rings. The molecule has 2 aromatic heterocycles. The van der Waals surface area contributed by atoms with Crippen LogP contribution >= 0.6 is 34.4 Å². The Morgan fingerprint density at radius 2 is 1.97 bits per heavy atom. The number of thiazole rings is 2. The van der Waals surface area contributed by atoms with Crippen LogP contribution in [0.2, 0.25) is 0 Å². The number of carbonyl (C=O) groups excluding carboxylic acids is 2. The number of carbonyl (C=O) groups is 2. The van der Waals surface area contributed by atoms with Crippen molar-refractivity contribution in [3.05, 3.63) is 59.6 Å². The molecule has 0 saturated carbocycles. The molecular weight excluding hydrogens is 488 g/mol. The van der Waals surface area contributed by atoms with Gasteiger partial charge < -0.3 is 15.4 Å². The molecular formula is C24H24N4O3S3. The minimum absolute atomic E-state index is 0.117. The highest BCUT2D eigenvalue weighted by atomic mass is 32.2. The van der Waals surface area contributed by atoms with Gasteiger partial charge in [-0.25, -0.2) is 9.97 Å². The van der Waals surface area contributed by atoms with Crippen LogP contribution in [0.3, 0.4) is 0 Å². The second kappa shape index (κ2) is 11.5. The van der Waals surface area contributed by atoms with Crippen LogP contribution in [0.4, 0.5) is 10.8 Å². The monoisotopic (exact) mass is 512 g/mol. The fourth-order valence-corrected chi connectivity index (χ4v) is 5.75. The summed E-state index contributed by atoms with van der Waals surface area (Å²) in [6, 6.07) is 12.7. The third-order valence-corrected chi connectivity index (χ3v) is 7.72. The van der Waals surface area contributed by atoms with Gasteiger partial charge in [0.05, 0.1) is 22.1 Å². The molecule has 0 bridgehead atoms. The van der Waals surface area contributed by atoms with Crippen molar-refractivity contribution in [2.75, 3.05) is 17.2 Å². The number of unbranched alkanes of at least 4 members (excludes halogenated alkanes) is 1. The van der Waals surface area contributed by atoms with Gasteiger partial charge >= 0.3 is 0 Å². The first-order chi connectivity index (χ1) is 16.5. The maximum Gasteiger partial charge on any atom is 0.255 e. The molecule has 2 heterocycles. The zero-order valence-electron chi connectivity index (χ0n) is 18.7. The second-order valence-corrected chi connectivity index (χ2v) is 10.9. The summed E-state index contributed by atoms with van der Waals surface area (Å²) in [7, 11) is 0. The van der Waals surface area contributed by atoms with Gasteiger partial charge in [0.2, 0.25) is 5.91 Å². The van der Waals surface area contributed by atoms with E-state index in [0.29, 0.717) is 23.0 Å². The quantitative estimate of drug-likeness (QED) is 0.191. The van der Waals surface area contributed by atoms with Gasteiger partial charge in [-0.15, -0.1) is 22.7 Å². The minimum atomic E-state index is -0.322. The first-order valence-electron chi connectivity index (χ1n) is 10.8. The minimum Gasteiger partial charge on any atom is -0.494 e. The zero-order valence-corrected chi connectivity index (χ0v) is 21.2. The third kappa shape index (κ3) is 6.34. The number of ether oxygens (including phenoxy) is 1. The van der Waals surface area contributed by atoms with Crippen LogP contribution < -0.4 is 15.4 Å². The van der Waals surface area contributed by atoms with Gasteiger partial charge in [-0.2, -0.15) is 0 Å². The molecule has 10 heteroatoms. The summed E-state index contributed by atoms with van der Waals surface area (Å²) in [5, 5.41) is 7.82. The van der Waals surface area contributed by atoms with E-state index in [4.69, 9.17) is 4.74 Å². The fourth-order valence-electron chi connectivity index (χ4n) is 2.97. The van der Waals surface area contributed by atoms with E-state index in [0.717, 1.165) is 33.1 Å². The first-order valence-corrected chi connectivity index (χ1v) is 13.4. The number of aromatic nitrogens is 2. The number of hydrogen-bond donors (Lipinski definition) is 2. The van der Waals surface area contributed by atoms with Crippen LogP contribution in [0.5, 0.6) is 5.75 Å². The Bertz CT molecular complexity index is 1260. The highest BCUT2D eigenvalue weighted by molar-refractivity contribution is 8.02. The third-order valence-electron chi connectivity index (χ3n) is 4.82. The Hall–Kier alpha value is -2.95. The Labute approximate surface area is 210 Å². The average molecular weight is 513 g/mol. The molecule has 0 aliphatic heterocycles. The summed E-state index contributed by atoms with van der Waals surface area (Å²) in [6.07, 6.45) is 3.73. The van der Waals surface area contributed by atoms with Crippen LogP contribution in [0.1, 0.15) is 37.0 Å². The molecule has 34 heavy (non-hydrogen) atoms. The largest absolute Gasteiger partial charge is 0.494 e. The smallest absolute Gasteiger partial charge is 0.255 e. The molecule has 0 aliphatic rings. The van der Waals surface area contributed by atoms with Gasteiger partial charge in [-0.05, 0) is 55.8 Å². The van der Waals surface area contributed by atoms with Crippen molar-refractivity contribution >= 4 is 67.3 Å². The zero-order chi connectivity index (χ0) is 23.9. The number of rotatable bonds is 10. The van der Waals surface area contributed by atoms with E-state index in [1.807, 2.05) is 42.6 Å². The average Bonchev–Trinajstić information content (AvgIpc) is 3.48. The molecule has 0 aliphatic carbocycles. The van der Waals surface area contributed by atoms with Crippen LogP contribution in [0.15, 0.2) is 58.4 Å². The lowest BCUT2D eigenvalue weighted by Gasteiger charge is -2.08. The van der Waals surface area contributed by atoms with E-state index in [2.05, 4.69) is 27.5 Å². The van der Waals surface area contributed by atoms with E-state index >= 15 is 0 Å². The number of thioether (sulfide) groups is 1. The Morgan fingerprint density at radius 3 is 2.71 bits per heavy atom. The molecule has 0 spiro atoms.